The van der Waals surface area contributed by atoms with Crippen LogP contribution >= 0.6 is 11.3 Å². The third-order valence-electron chi connectivity index (χ3n) is 5.43. The molecule has 5 nitrogen and oxygen atoms in total. The average molecular weight is 391 g/mol. The molecule has 1 amide bonds. The monoisotopic (exact) mass is 390 g/mol. The second-order valence-corrected chi connectivity index (χ2v) is 10.4. The Morgan fingerprint density at radius 1 is 1.08 bits per heavy atom. The molecule has 26 heavy (non-hydrogen) atoms. The van der Waals surface area contributed by atoms with Crippen LogP contribution in [0.25, 0.3) is 0 Å². The quantitative estimate of drug-likeness (QED) is 0.872. The van der Waals surface area contributed by atoms with E-state index >= 15 is 0 Å². The Bertz CT molecular complexity index is 896. The number of hydrogen-bond acceptors (Lipinski definition) is 5. The van der Waals surface area contributed by atoms with Crippen LogP contribution in [0.3, 0.4) is 0 Å². The van der Waals surface area contributed by atoms with Crippen molar-refractivity contribution in [2.75, 3.05) is 7.05 Å². The van der Waals surface area contributed by atoms with Crippen molar-refractivity contribution in [1.29, 1.82) is 0 Å². The van der Waals surface area contributed by atoms with Crippen molar-refractivity contribution in [2.24, 2.45) is 0 Å². The van der Waals surface area contributed by atoms with Crippen LogP contribution < -0.4 is 5.32 Å². The van der Waals surface area contributed by atoms with Crippen molar-refractivity contribution in [3.8, 4) is 0 Å². The van der Waals surface area contributed by atoms with Gasteiger partial charge in [0.15, 0.2) is 0 Å². The fraction of sp³-hybridized carbons (Fsp3) is 0.421. The van der Waals surface area contributed by atoms with Crippen LogP contribution in [0.1, 0.15) is 35.4 Å². The molecule has 0 spiro atoms. The molecule has 3 heterocycles. The molecule has 1 aromatic heterocycles. The molecule has 2 fully saturated rings. The summed E-state index contributed by atoms with van der Waals surface area (Å²) in [5.74, 6) is -0.0872. The largest absolute Gasteiger partial charge is 0.338 e. The molecule has 0 radical (unpaired) electrons. The van der Waals surface area contributed by atoms with E-state index < -0.39 is 9.84 Å². The SMILES string of the molecule is CN(C(=O)c1ccc(S(=O)(=O)c2ccccc2)s1)C1CC2CCC(C1)N2. The third kappa shape index (κ3) is 3.19. The van der Waals surface area contributed by atoms with Crippen molar-refractivity contribution < 1.29 is 13.2 Å². The summed E-state index contributed by atoms with van der Waals surface area (Å²) in [6.07, 6.45) is 4.31. The van der Waals surface area contributed by atoms with Gasteiger partial charge in [-0.05, 0) is 49.9 Å². The minimum atomic E-state index is -3.57. The van der Waals surface area contributed by atoms with Crippen molar-refractivity contribution in [3.63, 3.8) is 0 Å². The Morgan fingerprint density at radius 3 is 2.38 bits per heavy atom. The van der Waals surface area contributed by atoms with Crippen LogP contribution in [0.4, 0.5) is 0 Å². The summed E-state index contributed by atoms with van der Waals surface area (Å²) >= 11 is 1.06. The summed E-state index contributed by atoms with van der Waals surface area (Å²) in [5.41, 5.74) is 0. The van der Waals surface area contributed by atoms with Gasteiger partial charge in [-0.25, -0.2) is 8.42 Å². The molecular formula is C19H22N2O3S2. The molecule has 1 N–H and O–H groups in total. The first-order chi connectivity index (χ1) is 12.4. The Balaban J connectivity index is 1.53. The first-order valence-electron chi connectivity index (χ1n) is 8.88. The van der Waals surface area contributed by atoms with Gasteiger partial charge in [0.1, 0.15) is 4.21 Å². The number of rotatable bonds is 4. The van der Waals surface area contributed by atoms with E-state index in [-0.39, 0.29) is 21.1 Å². The molecular weight excluding hydrogens is 368 g/mol. The summed E-state index contributed by atoms with van der Waals surface area (Å²) in [6.45, 7) is 0. The number of fused-ring (bicyclic) bond motifs is 2. The standard InChI is InChI=1S/C19H22N2O3S2/c1-21(15-11-13-7-8-14(12-15)20-13)19(22)17-9-10-18(25-17)26(23,24)16-5-3-2-4-6-16/h2-6,9-10,13-15,20H,7-8,11-12H2,1H3. The zero-order valence-electron chi connectivity index (χ0n) is 14.6. The molecule has 138 valence electrons. The van der Waals surface area contributed by atoms with Gasteiger partial charge in [-0.15, -0.1) is 11.3 Å². The highest BCUT2D eigenvalue weighted by atomic mass is 32.2. The summed E-state index contributed by atoms with van der Waals surface area (Å²) < 4.78 is 25.6. The van der Waals surface area contributed by atoms with E-state index in [1.807, 2.05) is 7.05 Å². The van der Waals surface area contributed by atoms with Crippen LogP contribution in [0.5, 0.6) is 0 Å². The van der Waals surface area contributed by atoms with E-state index in [2.05, 4.69) is 5.32 Å². The molecule has 1 aromatic carbocycles. The van der Waals surface area contributed by atoms with Crippen LogP contribution in [0, 0.1) is 0 Å². The Hall–Kier alpha value is -1.70. The van der Waals surface area contributed by atoms with Gasteiger partial charge < -0.3 is 10.2 Å². The lowest BCUT2D eigenvalue weighted by molar-refractivity contribution is 0.0686. The van der Waals surface area contributed by atoms with Gasteiger partial charge in [-0.3, -0.25) is 4.79 Å². The number of benzene rings is 1. The molecule has 4 rings (SSSR count). The normalized spacial score (nSPS) is 25.2. The smallest absolute Gasteiger partial charge is 0.263 e. The van der Waals surface area contributed by atoms with E-state index in [9.17, 15) is 13.2 Å². The number of amides is 1. The highest BCUT2D eigenvalue weighted by Gasteiger charge is 2.37. The fourth-order valence-corrected chi connectivity index (χ4v) is 6.69. The van der Waals surface area contributed by atoms with Gasteiger partial charge in [0.25, 0.3) is 5.91 Å². The van der Waals surface area contributed by atoms with Gasteiger partial charge in [-0.2, -0.15) is 0 Å². The number of thiophene rings is 1. The molecule has 2 atom stereocenters. The number of nitrogens with zero attached hydrogens (tertiary/aromatic N) is 1. The minimum Gasteiger partial charge on any atom is -0.338 e. The molecule has 2 unspecified atom stereocenters. The number of nitrogens with one attached hydrogen (secondary N) is 1. The van der Waals surface area contributed by atoms with Gasteiger partial charge in [-0.1, -0.05) is 18.2 Å². The van der Waals surface area contributed by atoms with E-state index in [1.165, 1.54) is 12.8 Å². The number of carbonyl (C=O) groups is 1. The number of hydrogen-bond donors (Lipinski definition) is 1. The molecule has 7 heteroatoms. The van der Waals surface area contributed by atoms with Gasteiger partial charge in [0, 0.05) is 25.2 Å². The maximum absolute atomic E-state index is 12.9. The lowest BCUT2D eigenvalue weighted by Crippen LogP contribution is -2.48. The van der Waals surface area contributed by atoms with E-state index in [0.29, 0.717) is 17.0 Å². The molecule has 2 bridgehead atoms. The van der Waals surface area contributed by atoms with Crippen LogP contribution in [0.15, 0.2) is 51.6 Å². The van der Waals surface area contributed by atoms with E-state index in [1.54, 1.807) is 47.4 Å². The fourth-order valence-electron chi connectivity index (χ4n) is 3.98. The number of carbonyl (C=O) groups excluding carboxylic acids is 1. The summed E-state index contributed by atoms with van der Waals surface area (Å²) in [6, 6.07) is 12.7. The van der Waals surface area contributed by atoms with Crippen molar-refractivity contribution >= 4 is 27.1 Å². The molecule has 0 saturated carbocycles. The van der Waals surface area contributed by atoms with Crippen LogP contribution in [0.2, 0.25) is 0 Å². The average Bonchev–Trinajstić information content (AvgIpc) is 3.28. The second kappa shape index (κ2) is 6.79. The third-order valence-corrected chi connectivity index (χ3v) is 8.76. The topological polar surface area (TPSA) is 66.5 Å². The van der Waals surface area contributed by atoms with Crippen LogP contribution in [-0.2, 0) is 9.84 Å². The first kappa shape index (κ1) is 17.7. The Kier molecular flexibility index (Phi) is 4.62. The van der Waals surface area contributed by atoms with Crippen LogP contribution in [-0.4, -0.2) is 44.4 Å². The number of sulfone groups is 1. The highest BCUT2D eigenvalue weighted by Crippen LogP contribution is 2.32. The summed E-state index contributed by atoms with van der Waals surface area (Å²) in [7, 11) is -1.74. The highest BCUT2D eigenvalue weighted by molar-refractivity contribution is 7.93. The molecule has 2 aliphatic rings. The maximum atomic E-state index is 12.9. The van der Waals surface area contributed by atoms with E-state index in [4.69, 9.17) is 0 Å². The minimum absolute atomic E-state index is 0.0872. The predicted molar refractivity (Wildman–Crippen MR) is 101 cm³/mol. The Labute approximate surface area is 157 Å². The maximum Gasteiger partial charge on any atom is 0.263 e. The summed E-state index contributed by atoms with van der Waals surface area (Å²) in [5, 5.41) is 3.58. The van der Waals surface area contributed by atoms with Crippen molar-refractivity contribution in [3.05, 3.63) is 47.3 Å². The molecule has 2 aromatic rings. The predicted octanol–water partition coefficient (Wildman–Crippen LogP) is 2.94. The van der Waals surface area contributed by atoms with Gasteiger partial charge >= 0.3 is 0 Å². The lowest BCUT2D eigenvalue weighted by atomic mass is 9.98. The molecule has 2 saturated heterocycles. The van der Waals surface area contributed by atoms with Gasteiger partial charge in [0.05, 0.1) is 9.77 Å². The Morgan fingerprint density at radius 2 is 1.73 bits per heavy atom. The van der Waals surface area contributed by atoms with Crippen molar-refractivity contribution in [1.82, 2.24) is 10.2 Å². The summed E-state index contributed by atoms with van der Waals surface area (Å²) in [4.78, 5) is 15.4. The lowest BCUT2D eigenvalue weighted by Gasteiger charge is -2.35. The van der Waals surface area contributed by atoms with E-state index in [0.717, 1.165) is 24.2 Å². The number of piperidine rings is 1. The zero-order chi connectivity index (χ0) is 18.3. The second-order valence-electron chi connectivity index (χ2n) is 7.11. The zero-order valence-corrected chi connectivity index (χ0v) is 16.2. The van der Waals surface area contributed by atoms with Gasteiger partial charge in [0.2, 0.25) is 9.84 Å². The van der Waals surface area contributed by atoms with Crippen molar-refractivity contribution in [2.45, 2.75) is 52.9 Å². The first-order valence-corrected chi connectivity index (χ1v) is 11.2. The molecule has 0 aliphatic carbocycles. The molecule has 2 aliphatic heterocycles.